The van der Waals surface area contributed by atoms with Crippen molar-refractivity contribution in [1.29, 1.82) is 0 Å². The molecule has 0 aliphatic rings. The van der Waals surface area contributed by atoms with Gasteiger partial charge in [0, 0.05) is 30.8 Å². The Hall–Kier alpha value is -0.511. The molecule has 3 heteroatoms. The van der Waals surface area contributed by atoms with Gasteiger partial charge in [-0.2, -0.15) is 0 Å². The van der Waals surface area contributed by atoms with E-state index in [4.69, 9.17) is 4.74 Å². The minimum absolute atomic E-state index is 0. The summed E-state index contributed by atoms with van der Waals surface area (Å²) in [7, 11) is 0. The van der Waals surface area contributed by atoms with Crippen LogP contribution in [-0.2, 0) is 4.79 Å². The Morgan fingerprint density at radius 1 is 1.31 bits per heavy atom. The predicted molar refractivity (Wildman–Crippen MR) is 53.0 cm³/mol. The summed E-state index contributed by atoms with van der Waals surface area (Å²) in [5.41, 5.74) is 2.15. The van der Waals surface area contributed by atoms with Crippen molar-refractivity contribution in [1.82, 2.24) is 0 Å². The molecule has 0 atom stereocenters. The largest absolute Gasteiger partial charge is 0.426 e. The Bertz CT molecular complexity index is 308. The average molecular weight is 283 g/mol. The van der Waals surface area contributed by atoms with Crippen LogP contribution in [0.3, 0.4) is 0 Å². The fourth-order valence-corrected chi connectivity index (χ4v) is 0.990. The van der Waals surface area contributed by atoms with Crippen LogP contribution in [0.4, 0.5) is 0 Å². The molecule has 0 fully saturated rings. The fraction of sp³-hybridized carbons (Fsp3) is 0.300. The van der Waals surface area contributed by atoms with Gasteiger partial charge in [-0.15, -0.1) is 0 Å². The second-order valence-corrected chi connectivity index (χ2v) is 2.79. The minimum Gasteiger partial charge on any atom is -0.426 e. The molecule has 0 aliphatic carbocycles. The zero-order valence-corrected chi connectivity index (χ0v) is 10.9. The molecule has 68 valence electrons. The summed E-state index contributed by atoms with van der Waals surface area (Å²) in [6, 6.07) is 5.66. The van der Waals surface area contributed by atoms with Gasteiger partial charge in [0.15, 0.2) is 0 Å². The molecule has 4 radical (unpaired) electrons. The van der Waals surface area contributed by atoms with E-state index in [1.807, 2.05) is 26.0 Å². The van der Waals surface area contributed by atoms with E-state index in [1.54, 1.807) is 6.07 Å². The van der Waals surface area contributed by atoms with Crippen LogP contribution in [0.5, 0.6) is 5.75 Å². The summed E-state index contributed by atoms with van der Waals surface area (Å²) in [5.74, 6) is 0.381. The first-order chi connectivity index (χ1) is 5.61. The van der Waals surface area contributed by atoms with Crippen LogP contribution in [0.1, 0.15) is 18.1 Å². The number of rotatable bonds is 1. The van der Waals surface area contributed by atoms with Crippen molar-refractivity contribution in [2.45, 2.75) is 20.8 Å². The number of hydrogen-bond acceptors (Lipinski definition) is 2. The van der Waals surface area contributed by atoms with E-state index in [9.17, 15) is 4.79 Å². The van der Waals surface area contributed by atoms with Crippen molar-refractivity contribution in [2.24, 2.45) is 0 Å². The van der Waals surface area contributed by atoms with E-state index in [2.05, 4.69) is 0 Å². The number of aryl methyl sites for hydroxylation is 1. The summed E-state index contributed by atoms with van der Waals surface area (Å²) < 4.78 is 4.99. The Morgan fingerprint density at radius 3 is 2.46 bits per heavy atom. The van der Waals surface area contributed by atoms with Crippen molar-refractivity contribution in [3.05, 3.63) is 29.3 Å². The van der Waals surface area contributed by atoms with Crippen LogP contribution < -0.4 is 4.74 Å². The third kappa shape index (κ3) is 3.38. The van der Waals surface area contributed by atoms with Crippen LogP contribution in [-0.4, -0.2) is 29.9 Å². The summed E-state index contributed by atoms with van der Waals surface area (Å²) in [6.07, 6.45) is 0. The summed E-state index contributed by atoms with van der Waals surface area (Å²) >= 11 is 0. The third-order valence-corrected chi connectivity index (χ3v) is 1.81. The van der Waals surface area contributed by atoms with Crippen LogP contribution in [0.25, 0.3) is 0 Å². The van der Waals surface area contributed by atoms with E-state index in [0.29, 0.717) is 5.75 Å². The molecule has 0 aromatic heterocycles. The molecule has 0 spiro atoms. The Kier molecular flexibility index (Phi) is 5.06. The molecular weight excluding hydrogens is 271 g/mol. The molecule has 0 saturated heterocycles. The van der Waals surface area contributed by atoms with Gasteiger partial charge in [-0.1, -0.05) is 12.1 Å². The van der Waals surface area contributed by atoms with E-state index < -0.39 is 0 Å². The van der Waals surface area contributed by atoms with Crippen molar-refractivity contribution in [3.63, 3.8) is 0 Å². The van der Waals surface area contributed by atoms with Gasteiger partial charge in [-0.3, -0.25) is 4.79 Å². The zero-order chi connectivity index (χ0) is 9.14. The maximum atomic E-state index is 10.7. The van der Waals surface area contributed by atoms with Crippen molar-refractivity contribution < 1.29 is 9.53 Å². The number of ether oxygens (including phenoxy) is 1. The summed E-state index contributed by atoms with van der Waals surface area (Å²) in [5, 5.41) is 0. The van der Waals surface area contributed by atoms with E-state index in [0.717, 1.165) is 11.1 Å². The molecule has 0 saturated carbocycles. The molecule has 0 aliphatic heterocycles. The fourth-order valence-electron chi connectivity index (χ4n) is 0.990. The number of benzene rings is 1. The van der Waals surface area contributed by atoms with Crippen LogP contribution in [0.2, 0.25) is 0 Å². The Labute approximate surface area is 95.2 Å². The average Bonchev–Trinajstić information content (AvgIpc) is 1.98. The Balaban J connectivity index is 0.00000144. The van der Waals surface area contributed by atoms with Crippen LogP contribution >= 0.6 is 0 Å². The van der Waals surface area contributed by atoms with Gasteiger partial charge in [0.25, 0.3) is 0 Å². The summed E-state index contributed by atoms with van der Waals surface area (Å²) in [6.45, 7) is 5.33. The molecule has 0 N–H and O–H groups in total. The van der Waals surface area contributed by atoms with Crippen LogP contribution in [0.15, 0.2) is 18.2 Å². The van der Waals surface area contributed by atoms with Gasteiger partial charge in [0.2, 0.25) is 0 Å². The topological polar surface area (TPSA) is 26.3 Å². The van der Waals surface area contributed by atoms with Gasteiger partial charge in [0.05, 0.1) is 0 Å². The smallest absolute Gasteiger partial charge is 0.308 e. The van der Waals surface area contributed by atoms with E-state index in [-0.39, 0.29) is 29.9 Å². The number of carbonyl (C=O) groups is 1. The normalized spacial score (nSPS) is 8.85. The third-order valence-electron chi connectivity index (χ3n) is 1.81. The number of esters is 1. The number of carbonyl (C=O) groups excluding carboxylic acids is 1. The van der Waals surface area contributed by atoms with Gasteiger partial charge >= 0.3 is 5.97 Å². The molecule has 0 amide bonds. The van der Waals surface area contributed by atoms with Crippen molar-refractivity contribution in [2.75, 3.05) is 0 Å². The quantitative estimate of drug-likeness (QED) is 0.446. The second-order valence-electron chi connectivity index (χ2n) is 2.79. The minimum atomic E-state index is -0.274. The maximum Gasteiger partial charge on any atom is 0.308 e. The van der Waals surface area contributed by atoms with E-state index in [1.165, 1.54) is 6.92 Å². The van der Waals surface area contributed by atoms with E-state index >= 15 is 0 Å². The molecular formula is C10H12O2Sn. The van der Waals surface area contributed by atoms with Gasteiger partial charge in [0.1, 0.15) is 5.75 Å². The van der Waals surface area contributed by atoms with Gasteiger partial charge < -0.3 is 4.74 Å². The molecule has 0 unspecified atom stereocenters. The first-order valence-corrected chi connectivity index (χ1v) is 3.86. The number of hydrogen-bond donors (Lipinski definition) is 0. The standard InChI is InChI=1S/C10H12O2.Sn/c1-7-5-4-6-10(8(7)2)12-9(3)11;/h4-6H,1-3H3;. The molecule has 1 aromatic carbocycles. The molecule has 0 heterocycles. The molecule has 1 rings (SSSR count). The predicted octanol–water partition coefficient (Wildman–Crippen LogP) is 1.85. The first-order valence-electron chi connectivity index (χ1n) is 3.86. The van der Waals surface area contributed by atoms with Gasteiger partial charge in [-0.25, -0.2) is 0 Å². The molecule has 0 bridgehead atoms. The summed E-state index contributed by atoms with van der Waals surface area (Å²) in [4.78, 5) is 10.7. The first kappa shape index (κ1) is 12.5. The van der Waals surface area contributed by atoms with Gasteiger partial charge in [-0.05, 0) is 31.0 Å². The monoisotopic (exact) mass is 284 g/mol. The maximum absolute atomic E-state index is 10.7. The van der Waals surface area contributed by atoms with Crippen molar-refractivity contribution >= 4 is 29.9 Å². The molecule has 2 nitrogen and oxygen atoms in total. The van der Waals surface area contributed by atoms with Crippen molar-refractivity contribution in [3.8, 4) is 5.75 Å². The zero-order valence-electron chi connectivity index (χ0n) is 8.05. The SMILES string of the molecule is CC(=O)Oc1cccc(C)c1C.[Sn]. The van der Waals surface area contributed by atoms with Crippen LogP contribution in [0, 0.1) is 13.8 Å². The molecule has 1 aromatic rings. The Morgan fingerprint density at radius 2 is 1.92 bits per heavy atom. The molecule has 13 heavy (non-hydrogen) atoms. The second kappa shape index (κ2) is 5.27.